The van der Waals surface area contributed by atoms with Gasteiger partial charge in [0.25, 0.3) is 5.19 Å². The van der Waals surface area contributed by atoms with E-state index in [9.17, 15) is 4.79 Å². The molecule has 1 N–H and O–H groups in total. The lowest BCUT2D eigenvalue weighted by molar-refractivity contribution is 0.0696. The fraction of sp³-hybridized carbons (Fsp3) is 0.231. The number of aromatic carboxylic acids is 1. The summed E-state index contributed by atoms with van der Waals surface area (Å²) in [4.78, 5) is 15.2. The molecule has 0 bridgehead atoms. The molecule has 0 aliphatic rings. The summed E-state index contributed by atoms with van der Waals surface area (Å²) in [5, 5.41) is 11.5. The Morgan fingerprint density at radius 1 is 1.50 bits per heavy atom. The molecule has 0 spiro atoms. The van der Waals surface area contributed by atoms with Gasteiger partial charge in [0.1, 0.15) is 5.75 Å². The van der Waals surface area contributed by atoms with Crippen LogP contribution in [0.25, 0.3) is 0 Å². The highest BCUT2D eigenvalue weighted by atomic mass is 32.1. The maximum absolute atomic E-state index is 10.9. The quantitative estimate of drug-likeness (QED) is 0.917. The van der Waals surface area contributed by atoms with Gasteiger partial charge < -0.3 is 9.84 Å². The average Bonchev–Trinajstić information content (AvgIpc) is 2.76. The molecule has 1 aromatic carbocycles. The fourth-order valence-corrected chi connectivity index (χ4v) is 2.31. The van der Waals surface area contributed by atoms with Crippen LogP contribution in [-0.4, -0.2) is 16.1 Å². The number of carbonyl (C=O) groups is 1. The summed E-state index contributed by atoms with van der Waals surface area (Å²) in [6.45, 7) is 3.78. The molecule has 0 aliphatic carbocycles. The summed E-state index contributed by atoms with van der Waals surface area (Å²) in [7, 11) is 0. The van der Waals surface area contributed by atoms with E-state index < -0.39 is 5.97 Å². The molecular formula is C13H13NO3S. The summed E-state index contributed by atoms with van der Waals surface area (Å²) in [6, 6.07) is 4.89. The number of hydrogen-bond acceptors (Lipinski definition) is 4. The Labute approximate surface area is 109 Å². The van der Waals surface area contributed by atoms with E-state index in [1.807, 2.05) is 12.3 Å². The molecule has 2 rings (SSSR count). The number of ether oxygens (including phenoxy) is 1. The van der Waals surface area contributed by atoms with Crippen LogP contribution in [0.4, 0.5) is 0 Å². The zero-order valence-electron chi connectivity index (χ0n) is 10.1. The first-order valence-corrected chi connectivity index (χ1v) is 6.44. The van der Waals surface area contributed by atoms with Crippen molar-refractivity contribution in [2.45, 2.75) is 20.3 Å². The monoisotopic (exact) mass is 263 g/mol. The number of hydrogen-bond donors (Lipinski definition) is 1. The van der Waals surface area contributed by atoms with Gasteiger partial charge in [-0.25, -0.2) is 9.78 Å². The van der Waals surface area contributed by atoms with Gasteiger partial charge in [0, 0.05) is 5.38 Å². The molecule has 0 unspecified atom stereocenters. The largest absolute Gasteiger partial charge is 0.478 e. The summed E-state index contributed by atoms with van der Waals surface area (Å²) >= 11 is 1.44. The van der Waals surface area contributed by atoms with E-state index in [1.165, 1.54) is 11.3 Å². The lowest BCUT2D eigenvalue weighted by atomic mass is 10.1. The molecule has 0 saturated heterocycles. The molecule has 5 heteroatoms. The average molecular weight is 263 g/mol. The molecule has 2 aromatic rings. The Kier molecular flexibility index (Phi) is 3.62. The molecule has 1 aromatic heterocycles. The molecule has 0 amide bonds. The van der Waals surface area contributed by atoms with Crippen molar-refractivity contribution in [1.82, 2.24) is 4.98 Å². The first-order valence-electron chi connectivity index (χ1n) is 5.56. The minimum Gasteiger partial charge on any atom is -0.478 e. The van der Waals surface area contributed by atoms with Crippen molar-refractivity contribution in [1.29, 1.82) is 0 Å². The van der Waals surface area contributed by atoms with Crippen LogP contribution in [0.5, 0.6) is 10.9 Å². The molecule has 18 heavy (non-hydrogen) atoms. The summed E-state index contributed by atoms with van der Waals surface area (Å²) in [5.74, 6) is -0.323. The second-order valence-electron chi connectivity index (χ2n) is 3.84. The molecule has 0 atom stereocenters. The maximum Gasteiger partial charge on any atom is 0.335 e. The van der Waals surface area contributed by atoms with Crippen molar-refractivity contribution in [3.8, 4) is 10.9 Å². The van der Waals surface area contributed by atoms with Gasteiger partial charge in [0.05, 0.1) is 11.3 Å². The number of rotatable bonds is 4. The first kappa shape index (κ1) is 12.6. The van der Waals surface area contributed by atoms with Crippen molar-refractivity contribution in [3.63, 3.8) is 0 Å². The molecule has 0 aliphatic heterocycles. The van der Waals surface area contributed by atoms with Crippen LogP contribution < -0.4 is 4.74 Å². The van der Waals surface area contributed by atoms with E-state index >= 15 is 0 Å². The minimum atomic E-state index is -0.929. The lowest BCUT2D eigenvalue weighted by Gasteiger charge is -2.05. The van der Waals surface area contributed by atoms with Crippen molar-refractivity contribution in [2.75, 3.05) is 0 Å². The second-order valence-corrected chi connectivity index (χ2v) is 4.66. The molecule has 4 nitrogen and oxygen atoms in total. The van der Waals surface area contributed by atoms with Gasteiger partial charge in [-0.15, -0.1) is 0 Å². The highest BCUT2D eigenvalue weighted by Crippen LogP contribution is 2.26. The van der Waals surface area contributed by atoms with Gasteiger partial charge in [-0.05, 0) is 37.1 Å². The molecule has 1 heterocycles. The van der Waals surface area contributed by atoms with Gasteiger partial charge in [-0.3, -0.25) is 0 Å². The Balaban J connectivity index is 2.19. The zero-order chi connectivity index (χ0) is 13.1. The first-order chi connectivity index (χ1) is 8.60. The third-order valence-electron chi connectivity index (χ3n) is 2.53. The van der Waals surface area contributed by atoms with E-state index in [2.05, 4.69) is 4.98 Å². The minimum absolute atomic E-state index is 0.288. The van der Waals surface area contributed by atoms with Crippen LogP contribution in [0, 0.1) is 6.92 Å². The van der Waals surface area contributed by atoms with Crippen LogP contribution >= 0.6 is 11.3 Å². The van der Waals surface area contributed by atoms with Gasteiger partial charge in [0.2, 0.25) is 0 Å². The van der Waals surface area contributed by atoms with Crippen LogP contribution in [0.1, 0.15) is 28.5 Å². The van der Waals surface area contributed by atoms with E-state index in [1.54, 1.807) is 25.1 Å². The Bertz CT molecular complexity index is 577. The standard InChI is InChI=1S/C13H13NO3S/c1-3-9-7-18-13(14-9)17-10-4-5-11(12(15)16)8(2)6-10/h4-7H,3H2,1-2H3,(H,15,16). The third kappa shape index (κ3) is 2.68. The summed E-state index contributed by atoms with van der Waals surface area (Å²) in [5.41, 5.74) is 1.96. The van der Waals surface area contributed by atoms with Crippen molar-refractivity contribution in [3.05, 3.63) is 40.4 Å². The van der Waals surface area contributed by atoms with Crippen molar-refractivity contribution in [2.24, 2.45) is 0 Å². The van der Waals surface area contributed by atoms with Crippen LogP contribution in [0.3, 0.4) is 0 Å². The number of carboxylic acids is 1. The smallest absolute Gasteiger partial charge is 0.335 e. The van der Waals surface area contributed by atoms with Crippen LogP contribution in [-0.2, 0) is 6.42 Å². The van der Waals surface area contributed by atoms with E-state index in [4.69, 9.17) is 9.84 Å². The number of thiazole rings is 1. The highest BCUT2D eigenvalue weighted by molar-refractivity contribution is 7.11. The number of benzene rings is 1. The van der Waals surface area contributed by atoms with Crippen LogP contribution in [0.15, 0.2) is 23.6 Å². The predicted octanol–water partition coefficient (Wildman–Crippen LogP) is 3.50. The zero-order valence-corrected chi connectivity index (χ0v) is 11.0. The van der Waals surface area contributed by atoms with Gasteiger partial charge in [-0.1, -0.05) is 18.3 Å². The molecule has 0 radical (unpaired) electrons. The third-order valence-corrected chi connectivity index (χ3v) is 3.29. The number of nitrogens with zero attached hydrogens (tertiary/aromatic N) is 1. The fourth-order valence-electron chi connectivity index (χ4n) is 1.54. The van der Waals surface area contributed by atoms with E-state index in [-0.39, 0.29) is 5.56 Å². The van der Waals surface area contributed by atoms with E-state index in [0.29, 0.717) is 16.5 Å². The molecule has 94 valence electrons. The van der Waals surface area contributed by atoms with Gasteiger partial charge >= 0.3 is 5.97 Å². The highest BCUT2D eigenvalue weighted by Gasteiger charge is 2.09. The predicted molar refractivity (Wildman–Crippen MR) is 69.7 cm³/mol. The molecule has 0 saturated carbocycles. The summed E-state index contributed by atoms with van der Waals surface area (Å²) in [6.07, 6.45) is 0.872. The lowest BCUT2D eigenvalue weighted by Crippen LogP contribution is -1.99. The molecule has 0 fully saturated rings. The number of aromatic nitrogens is 1. The van der Waals surface area contributed by atoms with Gasteiger partial charge in [0.15, 0.2) is 0 Å². The summed E-state index contributed by atoms with van der Waals surface area (Å²) < 4.78 is 5.59. The second kappa shape index (κ2) is 5.18. The Morgan fingerprint density at radius 2 is 2.28 bits per heavy atom. The van der Waals surface area contributed by atoms with Crippen molar-refractivity contribution < 1.29 is 14.6 Å². The normalized spacial score (nSPS) is 10.3. The van der Waals surface area contributed by atoms with E-state index in [0.717, 1.165) is 12.1 Å². The Morgan fingerprint density at radius 3 is 2.83 bits per heavy atom. The van der Waals surface area contributed by atoms with Gasteiger partial charge in [-0.2, -0.15) is 0 Å². The molecular weight excluding hydrogens is 250 g/mol. The number of carboxylic acid groups (broad SMARTS) is 1. The van der Waals surface area contributed by atoms with Crippen molar-refractivity contribution >= 4 is 17.3 Å². The number of aryl methyl sites for hydroxylation is 2. The Hall–Kier alpha value is -1.88. The SMILES string of the molecule is CCc1csc(Oc2ccc(C(=O)O)c(C)c2)n1. The van der Waals surface area contributed by atoms with Crippen LogP contribution in [0.2, 0.25) is 0 Å². The topological polar surface area (TPSA) is 59.4 Å². The maximum atomic E-state index is 10.9.